The molecule has 0 saturated heterocycles. The number of benzene rings is 11. The lowest BCUT2D eigenvalue weighted by molar-refractivity contribution is 1.28. The smallest absolute Gasteiger partial charge is 0.0462 e. The molecule has 3 heteroatoms. The first kappa shape index (κ1) is 39.3. The largest absolute Gasteiger partial charge is 0.311 e. The molecule has 1 nitrogen and oxygen atoms in total. The highest BCUT2D eigenvalue weighted by atomic mass is 32.1. The average Bonchev–Trinajstić information content (AvgIpc) is 3.98. The quantitative estimate of drug-likeness (QED) is 0.147. The van der Waals surface area contributed by atoms with Crippen molar-refractivity contribution >= 4 is 90.9 Å². The van der Waals surface area contributed by atoms with Crippen LogP contribution in [0.5, 0.6) is 0 Å². The van der Waals surface area contributed by atoms with Gasteiger partial charge in [0.15, 0.2) is 0 Å². The third-order valence-corrected chi connectivity index (χ3v) is 15.7. The van der Waals surface area contributed by atoms with Crippen molar-refractivity contribution in [2.45, 2.75) is 0 Å². The van der Waals surface area contributed by atoms with Crippen LogP contribution in [0.4, 0.5) is 17.1 Å². The van der Waals surface area contributed by atoms with Crippen LogP contribution in [0.2, 0.25) is 0 Å². The molecule has 0 radical (unpaired) electrons. The number of rotatable bonds is 8. The van der Waals surface area contributed by atoms with E-state index in [2.05, 4.69) is 254 Å². The maximum absolute atomic E-state index is 2.37. The van der Waals surface area contributed by atoms with E-state index < -0.39 is 0 Å². The first-order chi connectivity index (χ1) is 33.2. The van der Waals surface area contributed by atoms with Gasteiger partial charge in [0.2, 0.25) is 0 Å². The minimum Gasteiger partial charge on any atom is -0.311 e. The minimum atomic E-state index is 1.10. The Kier molecular flexibility index (Phi) is 9.63. The van der Waals surface area contributed by atoms with Gasteiger partial charge in [0.05, 0.1) is 0 Å². The molecule has 0 saturated carbocycles. The number of hydrogen-bond acceptors (Lipinski definition) is 3. The lowest BCUT2D eigenvalue weighted by Gasteiger charge is -2.26. The first-order valence-electron chi connectivity index (χ1n) is 22.8. The Morgan fingerprint density at radius 3 is 1.13 bits per heavy atom. The van der Waals surface area contributed by atoms with E-state index in [1.807, 2.05) is 22.7 Å². The molecule has 0 atom stereocenters. The second-order valence-corrected chi connectivity index (χ2v) is 19.4. The third-order valence-electron chi connectivity index (χ3n) is 13.3. The Bertz CT molecular complexity index is 3920. The molecule has 11 aromatic carbocycles. The maximum atomic E-state index is 2.37. The van der Waals surface area contributed by atoms with Gasteiger partial charge >= 0.3 is 0 Å². The molecule has 0 bridgehead atoms. The highest BCUT2D eigenvalue weighted by molar-refractivity contribution is 7.26. The van der Waals surface area contributed by atoms with E-state index in [1.165, 1.54) is 107 Å². The van der Waals surface area contributed by atoms with Crippen LogP contribution in [0.1, 0.15) is 0 Å². The summed E-state index contributed by atoms with van der Waals surface area (Å²) < 4.78 is 5.35. The fourth-order valence-corrected chi connectivity index (χ4v) is 12.1. The van der Waals surface area contributed by atoms with Gasteiger partial charge in [-0.15, -0.1) is 22.7 Å². The summed E-state index contributed by atoms with van der Waals surface area (Å²) in [6.45, 7) is 0. The predicted octanol–water partition coefficient (Wildman–Crippen LogP) is 19.4. The second-order valence-electron chi connectivity index (χ2n) is 17.3. The normalized spacial score (nSPS) is 11.6. The summed E-state index contributed by atoms with van der Waals surface area (Å²) in [7, 11) is 0. The van der Waals surface area contributed by atoms with Crippen molar-refractivity contribution in [1.82, 2.24) is 0 Å². The standard InChI is InChI=1S/C64H41NS2/c1-2-8-42(9-3-1)45-22-31-53(32-23-45)65(54-33-24-46(25-34-54)43-14-18-48(19-15-43)51-29-38-62-59(40-51)57-12-6-7-13-61(57)66-62)55-35-26-47(27-36-55)44-16-20-49(21-17-44)52-30-39-63-60(41-52)58-37-28-50-10-4-5-11-56(50)64(58)67-63/h1-41H. The van der Waals surface area contributed by atoms with E-state index in [-0.39, 0.29) is 0 Å². The van der Waals surface area contributed by atoms with Gasteiger partial charge in [-0.25, -0.2) is 0 Å². The third kappa shape index (κ3) is 7.17. The molecule has 0 N–H and O–H groups in total. The SMILES string of the molecule is c1ccc(-c2ccc(N(c3ccc(-c4ccc(-c5ccc6sc7ccccc7c6c5)cc4)cc3)c3ccc(-c4ccc(-c5ccc6sc7c8ccccc8ccc7c6c5)cc4)cc3)cc2)cc1. The summed E-state index contributed by atoms with van der Waals surface area (Å²) in [5.74, 6) is 0. The molecule has 67 heavy (non-hydrogen) atoms. The van der Waals surface area contributed by atoms with Crippen LogP contribution in [-0.2, 0) is 0 Å². The molecule has 0 aliphatic carbocycles. The molecule has 0 unspecified atom stereocenters. The van der Waals surface area contributed by atoms with Crippen molar-refractivity contribution in [1.29, 1.82) is 0 Å². The van der Waals surface area contributed by atoms with Gasteiger partial charge in [0.1, 0.15) is 0 Å². The summed E-state index contributed by atoms with van der Waals surface area (Å²) in [5, 5.41) is 7.93. The molecule has 2 aromatic heterocycles. The van der Waals surface area contributed by atoms with Crippen molar-refractivity contribution < 1.29 is 0 Å². The molecule has 0 aliphatic rings. The van der Waals surface area contributed by atoms with Gasteiger partial charge in [-0.2, -0.15) is 0 Å². The van der Waals surface area contributed by atoms with Crippen LogP contribution in [0.25, 0.3) is 107 Å². The van der Waals surface area contributed by atoms with Crippen LogP contribution in [-0.4, -0.2) is 0 Å². The molecule has 314 valence electrons. The first-order valence-corrected chi connectivity index (χ1v) is 24.4. The predicted molar refractivity (Wildman–Crippen MR) is 292 cm³/mol. The van der Waals surface area contributed by atoms with Crippen LogP contribution in [0, 0.1) is 0 Å². The monoisotopic (exact) mass is 887 g/mol. The lowest BCUT2D eigenvalue weighted by atomic mass is 9.98. The fourth-order valence-electron chi connectivity index (χ4n) is 9.79. The molecule has 0 fully saturated rings. The van der Waals surface area contributed by atoms with Gasteiger partial charge in [-0.1, -0.05) is 182 Å². The van der Waals surface area contributed by atoms with Crippen LogP contribution < -0.4 is 4.90 Å². The van der Waals surface area contributed by atoms with Gasteiger partial charge in [-0.05, 0) is 133 Å². The zero-order valence-electron chi connectivity index (χ0n) is 36.4. The highest BCUT2D eigenvalue weighted by Gasteiger charge is 2.15. The van der Waals surface area contributed by atoms with Crippen molar-refractivity contribution in [2.24, 2.45) is 0 Å². The summed E-state index contributed by atoms with van der Waals surface area (Å²) in [6.07, 6.45) is 0. The Hall–Kier alpha value is -8.08. The maximum Gasteiger partial charge on any atom is 0.0462 e. The van der Waals surface area contributed by atoms with Gasteiger partial charge < -0.3 is 4.90 Å². The zero-order chi connectivity index (χ0) is 44.3. The van der Waals surface area contributed by atoms with Crippen molar-refractivity contribution in [3.8, 4) is 55.6 Å². The molecule has 0 amide bonds. The van der Waals surface area contributed by atoms with Crippen LogP contribution in [0.15, 0.2) is 249 Å². The van der Waals surface area contributed by atoms with E-state index in [1.54, 1.807) is 0 Å². The van der Waals surface area contributed by atoms with Gasteiger partial charge in [0.25, 0.3) is 0 Å². The Morgan fingerprint density at radius 2 is 0.597 bits per heavy atom. The Labute approximate surface area is 397 Å². The Morgan fingerprint density at radius 1 is 0.224 bits per heavy atom. The number of anilines is 3. The molecular formula is C64H41NS2. The van der Waals surface area contributed by atoms with Crippen molar-refractivity contribution in [2.75, 3.05) is 4.90 Å². The van der Waals surface area contributed by atoms with E-state index in [9.17, 15) is 0 Å². The van der Waals surface area contributed by atoms with Crippen LogP contribution >= 0.6 is 22.7 Å². The van der Waals surface area contributed by atoms with Crippen LogP contribution in [0.3, 0.4) is 0 Å². The highest BCUT2D eigenvalue weighted by Crippen LogP contribution is 2.42. The van der Waals surface area contributed by atoms with E-state index >= 15 is 0 Å². The van der Waals surface area contributed by atoms with Gasteiger partial charge in [0, 0.05) is 57.4 Å². The molecule has 0 spiro atoms. The molecule has 0 aliphatic heterocycles. The number of hydrogen-bond donors (Lipinski definition) is 0. The van der Waals surface area contributed by atoms with Crippen molar-refractivity contribution in [3.05, 3.63) is 249 Å². The summed E-state index contributed by atoms with van der Waals surface area (Å²) in [5.41, 5.74) is 15.4. The molecule has 13 aromatic rings. The molecule has 13 rings (SSSR count). The summed E-state index contributed by atoms with van der Waals surface area (Å²) >= 11 is 3.75. The topological polar surface area (TPSA) is 3.24 Å². The van der Waals surface area contributed by atoms with Gasteiger partial charge in [-0.3, -0.25) is 0 Å². The zero-order valence-corrected chi connectivity index (χ0v) is 38.1. The molecule has 2 heterocycles. The molecular weight excluding hydrogens is 847 g/mol. The lowest BCUT2D eigenvalue weighted by Crippen LogP contribution is -2.09. The average molecular weight is 888 g/mol. The summed E-state index contributed by atoms with van der Waals surface area (Å²) in [6, 6.07) is 91.2. The number of thiophene rings is 2. The number of fused-ring (bicyclic) bond motifs is 8. The van der Waals surface area contributed by atoms with Crippen molar-refractivity contribution in [3.63, 3.8) is 0 Å². The Balaban J connectivity index is 0.786. The minimum absolute atomic E-state index is 1.10. The van der Waals surface area contributed by atoms with E-state index in [0.717, 1.165) is 17.1 Å². The summed E-state index contributed by atoms with van der Waals surface area (Å²) in [4.78, 5) is 2.35. The fraction of sp³-hybridized carbons (Fsp3) is 0. The second kappa shape index (κ2) is 16.4. The number of nitrogens with zero attached hydrogens (tertiary/aromatic N) is 1. The van der Waals surface area contributed by atoms with E-state index in [0.29, 0.717) is 0 Å². The van der Waals surface area contributed by atoms with E-state index in [4.69, 9.17) is 0 Å².